The summed E-state index contributed by atoms with van der Waals surface area (Å²) in [6, 6.07) is 3.46. The van der Waals surface area contributed by atoms with Crippen LogP contribution in [0.1, 0.15) is 32.4 Å². The molecule has 2 N–H and O–H groups in total. The molecule has 1 unspecified atom stereocenters. The highest BCUT2D eigenvalue weighted by molar-refractivity contribution is 6.74. The van der Waals surface area contributed by atoms with Crippen LogP contribution in [-0.4, -0.2) is 54.2 Å². The van der Waals surface area contributed by atoms with Gasteiger partial charge < -0.3 is 19.5 Å². The van der Waals surface area contributed by atoms with Gasteiger partial charge in [-0.2, -0.15) is 0 Å². The highest BCUT2D eigenvalue weighted by Gasteiger charge is 2.40. The van der Waals surface area contributed by atoms with Gasteiger partial charge in [0.1, 0.15) is 5.15 Å². The van der Waals surface area contributed by atoms with Gasteiger partial charge in [-0.15, -0.1) is 0 Å². The molecule has 0 fully saturated rings. The quantitative estimate of drug-likeness (QED) is 0.560. The second-order valence-electron chi connectivity index (χ2n) is 7.23. The van der Waals surface area contributed by atoms with Crippen LogP contribution < -0.4 is 0 Å². The van der Waals surface area contributed by atoms with Crippen LogP contribution in [0.4, 0.5) is 4.79 Å². The molecule has 1 atom stereocenters. The molecule has 136 valence electrons. The van der Waals surface area contributed by atoms with E-state index in [0.29, 0.717) is 5.15 Å². The minimum Gasteiger partial charge on any atom is -0.465 e. The Bertz CT molecular complexity index is 546. The van der Waals surface area contributed by atoms with Crippen molar-refractivity contribution in [3.05, 3.63) is 29.0 Å². The number of aromatic nitrogens is 1. The summed E-state index contributed by atoms with van der Waals surface area (Å²) in [5.74, 6) is 0. The molecule has 1 aromatic rings. The van der Waals surface area contributed by atoms with Crippen molar-refractivity contribution in [1.82, 2.24) is 9.88 Å². The minimum absolute atomic E-state index is 0.0177. The Morgan fingerprint density at radius 3 is 2.46 bits per heavy atom. The molecule has 0 aliphatic heterocycles. The molecule has 0 saturated heterocycles. The van der Waals surface area contributed by atoms with Crippen molar-refractivity contribution in [2.75, 3.05) is 19.7 Å². The number of carbonyl (C=O) groups is 1. The number of hydrogen-bond donors (Lipinski definition) is 2. The average molecular weight is 375 g/mol. The third-order valence-electron chi connectivity index (χ3n) is 4.39. The molecule has 0 aliphatic rings. The van der Waals surface area contributed by atoms with E-state index in [2.05, 4.69) is 38.8 Å². The summed E-state index contributed by atoms with van der Waals surface area (Å²) >= 11 is 5.85. The summed E-state index contributed by atoms with van der Waals surface area (Å²) in [6.07, 6.45) is 0.0622. The third-order valence-corrected chi connectivity index (χ3v) is 9.10. The number of carboxylic acid groups (broad SMARTS) is 1. The summed E-state index contributed by atoms with van der Waals surface area (Å²) in [7, 11) is -2.13. The highest BCUT2D eigenvalue weighted by atomic mass is 35.5. The van der Waals surface area contributed by atoms with Crippen LogP contribution in [0.25, 0.3) is 0 Å². The van der Waals surface area contributed by atoms with Gasteiger partial charge in [-0.05, 0) is 29.8 Å². The van der Waals surface area contributed by atoms with Gasteiger partial charge in [0.05, 0.1) is 19.3 Å². The predicted octanol–water partition coefficient (Wildman–Crippen LogP) is 3.77. The number of aliphatic hydroxyl groups is 1. The fourth-order valence-electron chi connectivity index (χ4n) is 1.91. The molecule has 6 nitrogen and oxygen atoms in total. The van der Waals surface area contributed by atoms with Gasteiger partial charge in [0.25, 0.3) is 0 Å². The lowest BCUT2D eigenvalue weighted by molar-refractivity contribution is 0.0912. The van der Waals surface area contributed by atoms with Gasteiger partial charge >= 0.3 is 6.09 Å². The summed E-state index contributed by atoms with van der Waals surface area (Å²) in [4.78, 5) is 16.6. The molecule has 1 aromatic heterocycles. The first-order chi connectivity index (χ1) is 11.0. The van der Waals surface area contributed by atoms with Crippen LogP contribution >= 0.6 is 11.6 Å². The summed E-state index contributed by atoms with van der Waals surface area (Å²) in [5, 5.41) is 18.8. The molecule has 8 heteroatoms. The van der Waals surface area contributed by atoms with Crippen molar-refractivity contribution in [3.63, 3.8) is 0 Å². The maximum absolute atomic E-state index is 11.4. The molecule has 1 heterocycles. The van der Waals surface area contributed by atoms with Crippen molar-refractivity contribution in [1.29, 1.82) is 0 Å². The SMILES string of the molecule is CC(C)(C)[Si](C)(C)OC(CN(CCO)C(=O)O)c1ccc(Cl)nc1. The van der Waals surface area contributed by atoms with E-state index in [1.54, 1.807) is 18.3 Å². The first kappa shape index (κ1) is 20.9. The number of rotatable bonds is 7. The van der Waals surface area contributed by atoms with Crippen molar-refractivity contribution in [3.8, 4) is 0 Å². The highest BCUT2D eigenvalue weighted by Crippen LogP contribution is 2.40. The van der Waals surface area contributed by atoms with E-state index < -0.39 is 20.5 Å². The fraction of sp³-hybridized carbons (Fsp3) is 0.625. The summed E-state index contributed by atoms with van der Waals surface area (Å²) in [5.41, 5.74) is 0.772. The molecule has 0 spiro atoms. The second kappa shape index (κ2) is 8.29. The van der Waals surface area contributed by atoms with E-state index in [0.717, 1.165) is 10.5 Å². The molecule has 0 bridgehead atoms. The predicted molar refractivity (Wildman–Crippen MR) is 97.0 cm³/mol. The smallest absolute Gasteiger partial charge is 0.407 e. The maximum Gasteiger partial charge on any atom is 0.407 e. The number of nitrogens with zero attached hydrogens (tertiary/aromatic N) is 2. The molecule has 1 rings (SSSR count). The Morgan fingerprint density at radius 2 is 2.04 bits per heavy atom. The van der Waals surface area contributed by atoms with Gasteiger partial charge in [0.2, 0.25) is 0 Å². The summed E-state index contributed by atoms with van der Waals surface area (Å²) in [6.45, 7) is 10.5. The van der Waals surface area contributed by atoms with Gasteiger partial charge in [0.15, 0.2) is 8.32 Å². The Kier molecular flexibility index (Phi) is 7.21. The van der Waals surface area contributed by atoms with Crippen molar-refractivity contribution < 1.29 is 19.4 Å². The number of amides is 1. The van der Waals surface area contributed by atoms with Crippen LogP contribution in [0.5, 0.6) is 0 Å². The van der Waals surface area contributed by atoms with Crippen LogP contribution in [0.15, 0.2) is 18.3 Å². The number of pyridine rings is 1. The Hall–Kier alpha value is -1.15. The number of hydrogen-bond acceptors (Lipinski definition) is 4. The van der Waals surface area contributed by atoms with Crippen LogP contribution in [0.3, 0.4) is 0 Å². The van der Waals surface area contributed by atoms with E-state index in [9.17, 15) is 9.90 Å². The summed E-state index contributed by atoms with van der Waals surface area (Å²) < 4.78 is 6.42. The minimum atomic E-state index is -2.13. The van der Waals surface area contributed by atoms with Crippen LogP contribution in [0, 0.1) is 0 Å². The topological polar surface area (TPSA) is 82.9 Å². The monoisotopic (exact) mass is 374 g/mol. The average Bonchev–Trinajstić information content (AvgIpc) is 2.45. The first-order valence-electron chi connectivity index (χ1n) is 7.86. The standard InChI is InChI=1S/C16H27ClN2O4Si/c1-16(2,3)24(4,5)23-13(11-19(8-9-20)15(21)22)12-6-7-14(17)18-10-12/h6-7,10,13,20H,8-9,11H2,1-5H3,(H,21,22). The third kappa shape index (κ3) is 5.73. The van der Waals surface area contributed by atoms with E-state index in [1.165, 1.54) is 0 Å². The Balaban J connectivity index is 3.11. The van der Waals surface area contributed by atoms with Crippen molar-refractivity contribution >= 4 is 26.0 Å². The normalized spacial score (nSPS) is 13.6. The van der Waals surface area contributed by atoms with E-state index in [4.69, 9.17) is 21.1 Å². The largest absolute Gasteiger partial charge is 0.465 e. The van der Waals surface area contributed by atoms with Crippen molar-refractivity contribution in [2.24, 2.45) is 0 Å². The lowest BCUT2D eigenvalue weighted by atomic mass is 10.1. The molecular formula is C16H27ClN2O4Si. The zero-order chi connectivity index (χ0) is 18.5. The van der Waals surface area contributed by atoms with Gasteiger partial charge in [-0.25, -0.2) is 9.78 Å². The molecule has 0 radical (unpaired) electrons. The van der Waals surface area contributed by atoms with E-state index in [1.807, 2.05) is 0 Å². The molecule has 0 aliphatic carbocycles. The molecule has 0 aromatic carbocycles. The zero-order valence-electron chi connectivity index (χ0n) is 14.9. The van der Waals surface area contributed by atoms with E-state index in [-0.39, 0.29) is 24.7 Å². The molecule has 24 heavy (non-hydrogen) atoms. The fourth-order valence-corrected chi connectivity index (χ4v) is 3.29. The molecule has 0 saturated carbocycles. The second-order valence-corrected chi connectivity index (χ2v) is 12.4. The maximum atomic E-state index is 11.4. The lowest BCUT2D eigenvalue weighted by Crippen LogP contribution is -2.45. The Labute approximate surface area is 149 Å². The van der Waals surface area contributed by atoms with Crippen LogP contribution in [-0.2, 0) is 4.43 Å². The zero-order valence-corrected chi connectivity index (χ0v) is 16.7. The van der Waals surface area contributed by atoms with Gasteiger partial charge in [-0.1, -0.05) is 38.4 Å². The Morgan fingerprint density at radius 1 is 1.42 bits per heavy atom. The molecular weight excluding hydrogens is 348 g/mol. The first-order valence-corrected chi connectivity index (χ1v) is 11.1. The van der Waals surface area contributed by atoms with E-state index >= 15 is 0 Å². The van der Waals surface area contributed by atoms with Gasteiger partial charge in [0, 0.05) is 12.7 Å². The lowest BCUT2D eigenvalue weighted by Gasteiger charge is -2.40. The number of aliphatic hydroxyl groups excluding tert-OH is 1. The number of halogens is 1. The van der Waals surface area contributed by atoms with Crippen LogP contribution in [0.2, 0.25) is 23.3 Å². The molecule has 1 amide bonds. The van der Waals surface area contributed by atoms with Gasteiger partial charge in [-0.3, -0.25) is 0 Å². The van der Waals surface area contributed by atoms with Crippen molar-refractivity contribution in [2.45, 2.75) is 45.0 Å².